The number of hydrogen-bond donors (Lipinski definition) is 1. The lowest BCUT2D eigenvalue weighted by molar-refractivity contribution is 0.435. The van der Waals surface area contributed by atoms with Gasteiger partial charge in [-0.2, -0.15) is 0 Å². The van der Waals surface area contributed by atoms with Crippen LogP contribution in [0.2, 0.25) is 0 Å². The highest BCUT2D eigenvalue weighted by atomic mass is 79.9. The summed E-state index contributed by atoms with van der Waals surface area (Å²) in [6.07, 6.45) is 3.91. The van der Waals surface area contributed by atoms with Crippen LogP contribution < -0.4 is 5.32 Å². The molecular formula is C14H16BrNO. The molecule has 2 nitrogen and oxygen atoms in total. The van der Waals surface area contributed by atoms with Crippen LogP contribution in [-0.4, -0.2) is 7.05 Å². The third-order valence-corrected chi connectivity index (χ3v) is 3.49. The zero-order valence-electron chi connectivity index (χ0n) is 9.87. The molecule has 1 N–H and O–H groups in total. The van der Waals surface area contributed by atoms with Gasteiger partial charge < -0.3 is 9.73 Å². The van der Waals surface area contributed by atoms with Crippen molar-refractivity contribution in [1.82, 2.24) is 5.32 Å². The van der Waals surface area contributed by atoms with Gasteiger partial charge >= 0.3 is 0 Å². The Morgan fingerprint density at radius 1 is 1.53 bits per heavy atom. The fourth-order valence-electron chi connectivity index (χ4n) is 1.93. The second-order valence-corrected chi connectivity index (χ2v) is 4.87. The first-order valence-corrected chi connectivity index (χ1v) is 6.51. The number of para-hydroxylation sites is 1. The molecule has 0 aliphatic heterocycles. The number of hydrogen-bond acceptors (Lipinski definition) is 2. The summed E-state index contributed by atoms with van der Waals surface area (Å²) in [4.78, 5) is 0. The molecule has 0 saturated carbocycles. The third kappa shape index (κ3) is 2.61. The largest absolute Gasteiger partial charge is 0.458 e. The van der Waals surface area contributed by atoms with Crippen molar-refractivity contribution in [2.75, 3.05) is 7.05 Å². The Morgan fingerprint density at radius 3 is 3.00 bits per heavy atom. The summed E-state index contributed by atoms with van der Waals surface area (Å²) in [5.74, 6) is 0.983. The van der Waals surface area contributed by atoms with Crippen LogP contribution in [0, 0.1) is 0 Å². The first kappa shape index (κ1) is 12.4. The second kappa shape index (κ2) is 5.52. The number of halogens is 1. The molecule has 1 unspecified atom stereocenters. The van der Waals surface area contributed by atoms with Crippen molar-refractivity contribution in [3.63, 3.8) is 0 Å². The van der Waals surface area contributed by atoms with Crippen LogP contribution in [0.25, 0.3) is 11.0 Å². The molecule has 0 saturated heterocycles. The van der Waals surface area contributed by atoms with E-state index in [1.54, 1.807) is 0 Å². The van der Waals surface area contributed by atoms with Gasteiger partial charge in [0, 0.05) is 5.39 Å². The van der Waals surface area contributed by atoms with Crippen LogP contribution in [0.15, 0.2) is 45.8 Å². The zero-order valence-corrected chi connectivity index (χ0v) is 11.5. The van der Waals surface area contributed by atoms with E-state index in [1.165, 1.54) is 0 Å². The molecule has 2 rings (SSSR count). The molecule has 90 valence electrons. The number of rotatable bonds is 5. The fourth-order valence-corrected chi connectivity index (χ4v) is 2.39. The molecule has 0 radical (unpaired) electrons. The maximum absolute atomic E-state index is 5.91. The third-order valence-electron chi connectivity index (χ3n) is 2.87. The fraction of sp³-hybridized carbons (Fsp3) is 0.286. The molecule has 17 heavy (non-hydrogen) atoms. The van der Waals surface area contributed by atoms with E-state index in [-0.39, 0.29) is 6.04 Å². The average Bonchev–Trinajstić information content (AvgIpc) is 2.75. The lowest BCUT2D eigenvalue weighted by Gasteiger charge is -2.11. The highest BCUT2D eigenvalue weighted by Crippen LogP contribution is 2.30. The van der Waals surface area contributed by atoms with E-state index in [0.29, 0.717) is 0 Å². The van der Waals surface area contributed by atoms with Gasteiger partial charge in [-0.05, 0) is 48.0 Å². The monoisotopic (exact) mass is 293 g/mol. The highest BCUT2D eigenvalue weighted by molar-refractivity contribution is 9.10. The quantitative estimate of drug-likeness (QED) is 0.826. The van der Waals surface area contributed by atoms with Crippen LogP contribution in [0.1, 0.15) is 24.6 Å². The number of nitrogens with one attached hydrogen (secondary N) is 1. The lowest BCUT2D eigenvalue weighted by Crippen LogP contribution is -2.15. The highest BCUT2D eigenvalue weighted by Gasteiger charge is 2.14. The van der Waals surface area contributed by atoms with Gasteiger partial charge in [0.1, 0.15) is 11.3 Å². The van der Waals surface area contributed by atoms with Crippen molar-refractivity contribution in [2.24, 2.45) is 0 Å². The van der Waals surface area contributed by atoms with Gasteiger partial charge in [-0.25, -0.2) is 0 Å². The minimum Gasteiger partial charge on any atom is -0.458 e. The van der Waals surface area contributed by atoms with E-state index < -0.39 is 0 Å². The van der Waals surface area contributed by atoms with Crippen molar-refractivity contribution >= 4 is 26.9 Å². The Bertz CT molecular complexity index is 518. The predicted molar refractivity (Wildman–Crippen MR) is 75.1 cm³/mol. The molecule has 2 aromatic rings. The summed E-state index contributed by atoms with van der Waals surface area (Å²) in [5.41, 5.74) is 0.918. The molecule has 0 bridgehead atoms. The maximum atomic E-state index is 5.91. The molecule has 3 heteroatoms. The van der Waals surface area contributed by atoms with Gasteiger partial charge in [0.05, 0.1) is 10.5 Å². The van der Waals surface area contributed by atoms with Crippen LogP contribution in [0.4, 0.5) is 0 Å². The SMILES string of the molecule is C=CCCC(NC)c1cc2cccc(Br)c2o1. The number of allylic oxidation sites excluding steroid dienone is 1. The van der Waals surface area contributed by atoms with Crippen molar-refractivity contribution < 1.29 is 4.42 Å². The predicted octanol–water partition coefficient (Wildman–Crippen LogP) is 4.42. The van der Waals surface area contributed by atoms with Gasteiger partial charge in [0.2, 0.25) is 0 Å². The number of fused-ring (bicyclic) bond motifs is 1. The Balaban J connectivity index is 2.34. The first-order valence-electron chi connectivity index (χ1n) is 5.72. The van der Waals surface area contributed by atoms with E-state index in [9.17, 15) is 0 Å². The Labute approximate surface area is 110 Å². The Hall–Kier alpha value is -1.06. The topological polar surface area (TPSA) is 25.2 Å². The van der Waals surface area contributed by atoms with Crippen molar-refractivity contribution in [3.05, 3.63) is 47.2 Å². The molecule has 1 atom stereocenters. The molecular weight excluding hydrogens is 278 g/mol. The van der Waals surface area contributed by atoms with E-state index in [1.807, 2.05) is 25.3 Å². The van der Waals surface area contributed by atoms with Gasteiger partial charge in [0.15, 0.2) is 0 Å². The second-order valence-electron chi connectivity index (χ2n) is 4.01. The smallest absolute Gasteiger partial charge is 0.148 e. The molecule has 0 fully saturated rings. The summed E-state index contributed by atoms with van der Waals surface area (Å²) in [7, 11) is 1.95. The van der Waals surface area contributed by atoms with Crippen LogP contribution >= 0.6 is 15.9 Å². The standard InChI is InChI=1S/C14H16BrNO/c1-3-4-8-12(16-2)13-9-10-6-5-7-11(15)14(10)17-13/h3,5-7,9,12,16H,1,4,8H2,2H3. The van der Waals surface area contributed by atoms with Gasteiger partial charge in [0.25, 0.3) is 0 Å². The van der Waals surface area contributed by atoms with Gasteiger partial charge in [-0.3, -0.25) is 0 Å². The summed E-state index contributed by atoms with van der Waals surface area (Å²) in [5, 5.41) is 4.41. The lowest BCUT2D eigenvalue weighted by atomic mass is 10.1. The molecule has 0 aliphatic carbocycles. The van der Waals surface area contributed by atoms with E-state index in [2.05, 4.69) is 40.0 Å². The minimum absolute atomic E-state index is 0.243. The van der Waals surface area contributed by atoms with Crippen molar-refractivity contribution in [1.29, 1.82) is 0 Å². The summed E-state index contributed by atoms with van der Waals surface area (Å²) >= 11 is 3.50. The molecule has 0 spiro atoms. The summed E-state index contributed by atoms with van der Waals surface area (Å²) in [6, 6.07) is 8.42. The molecule has 0 aliphatic rings. The summed E-state index contributed by atoms with van der Waals surface area (Å²) < 4.78 is 6.91. The average molecular weight is 294 g/mol. The maximum Gasteiger partial charge on any atom is 0.148 e. The van der Waals surface area contributed by atoms with E-state index in [0.717, 1.165) is 34.0 Å². The van der Waals surface area contributed by atoms with E-state index >= 15 is 0 Å². The van der Waals surface area contributed by atoms with Gasteiger partial charge in [-0.15, -0.1) is 6.58 Å². The van der Waals surface area contributed by atoms with Crippen LogP contribution in [-0.2, 0) is 0 Å². The van der Waals surface area contributed by atoms with Crippen LogP contribution in [0.3, 0.4) is 0 Å². The molecule has 1 heterocycles. The van der Waals surface area contributed by atoms with Crippen molar-refractivity contribution in [2.45, 2.75) is 18.9 Å². The van der Waals surface area contributed by atoms with Gasteiger partial charge in [-0.1, -0.05) is 18.2 Å². The molecule has 1 aromatic heterocycles. The minimum atomic E-state index is 0.243. The molecule has 0 amide bonds. The Morgan fingerprint density at radius 2 is 2.35 bits per heavy atom. The normalized spacial score (nSPS) is 12.8. The van der Waals surface area contributed by atoms with Crippen LogP contribution in [0.5, 0.6) is 0 Å². The Kier molecular flexibility index (Phi) is 4.02. The molecule has 1 aromatic carbocycles. The first-order chi connectivity index (χ1) is 8.26. The number of furan rings is 1. The van der Waals surface area contributed by atoms with Crippen molar-refractivity contribution in [3.8, 4) is 0 Å². The summed E-state index contributed by atoms with van der Waals surface area (Å²) in [6.45, 7) is 3.75. The van der Waals surface area contributed by atoms with E-state index in [4.69, 9.17) is 4.42 Å². The number of benzene rings is 1. The zero-order chi connectivity index (χ0) is 12.3.